The quantitative estimate of drug-likeness (QED) is 0.287. The number of hydrogen-bond acceptors (Lipinski definition) is 9. The van der Waals surface area contributed by atoms with Crippen LogP contribution in [-0.4, -0.2) is 131 Å². The summed E-state index contributed by atoms with van der Waals surface area (Å²) in [5.74, 6) is 0.728. The van der Waals surface area contributed by atoms with Gasteiger partial charge in [-0.1, -0.05) is 0 Å². The van der Waals surface area contributed by atoms with Gasteiger partial charge in [-0.25, -0.2) is 0 Å². The van der Waals surface area contributed by atoms with Crippen LogP contribution in [0.5, 0.6) is 0 Å². The molecular weight excluding hydrogens is 760 g/mol. The van der Waals surface area contributed by atoms with Crippen LogP contribution in [0.3, 0.4) is 0 Å². The number of aromatic nitrogens is 3. The zero-order chi connectivity index (χ0) is 30.5. The first-order valence-electron chi connectivity index (χ1n) is 16.0. The Morgan fingerprint density at radius 1 is 0.929 bits per heavy atom. The molecule has 2 aromatic rings. The molecule has 42 heavy (non-hydrogen) atoms. The standard InChI is InChI=1S/C18H26N7O2S.3C4H9.2Sn/c1-18(2,17(19)26)25-5-3-23(4-6-25)11-13-22-15-14(28-13)16(21-12-20-15)24-7-9-27-10-8-24;3*1-3-4-2;;/h3-11H2,1-2H3,(H2,19,26);3*1,3-4H2,2H3;;. The fraction of sp³-hybridized carbons (Fsp3) is 0.800. The Bertz CT molecular complexity index is 1070. The summed E-state index contributed by atoms with van der Waals surface area (Å²) in [5.41, 5.74) is 5.77. The summed E-state index contributed by atoms with van der Waals surface area (Å²) >= 11 is 2.05. The molecule has 0 spiro atoms. The number of primary amides is 1. The van der Waals surface area contributed by atoms with Gasteiger partial charge in [-0.3, -0.25) is 4.79 Å². The normalized spacial score (nSPS) is 17.1. The molecule has 0 aromatic carbocycles. The number of unbranched alkanes of at least 4 members (excludes halogenated alkanes) is 3. The average Bonchev–Trinajstić information content (AvgIpc) is 3.39. The molecule has 0 atom stereocenters. The molecule has 4 rings (SSSR count). The van der Waals surface area contributed by atoms with Gasteiger partial charge < -0.3 is 5.73 Å². The van der Waals surface area contributed by atoms with Crippen molar-refractivity contribution in [2.24, 2.45) is 5.73 Å². The zero-order valence-corrected chi connectivity index (χ0v) is 33.2. The van der Waals surface area contributed by atoms with Gasteiger partial charge in [0, 0.05) is 0 Å². The van der Waals surface area contributed by atoms with Crippen molar-refractivity contribution in [2.75, 3.05) is 57.4 Å². The molecule has 2 saturated heterocycles. The van der Waals surface area contributed by atoms with E-state index in [1.54, 1.807) is 24.6 Å². The number of ether oxygens (including phenoxy) is 1. The van der Waals surface area contributed by atoms with Gasteiger partial charge in [-0.15, -0.1) is 0 Å². The van der Waals surface area contributed by atoms with Crippen molar-refractivity contribution in [1.29, 1.82) is 0 Å². The van der Waals surface area contributed by atoms with Crippen LogP contribution >= 0.6 is 11.3 Å². The molecular formula is C30H53N7O2SSn2. The number of hydrogen-bond donors (Lipinski definition) is 1. The fourth-order valence-electron chi connectivity index (χ4n) is 5.38. The Hall–Kier alpha value is -0.283. The Morgan fingerprint density at radius 3 is 2.02 bits per heavy atom. The molecule has 4 heterocycles. The van der Waals surface area contributed by atoms with Crippen molar-refractivity contribution in [3.05, 3.63) is 5.01 Å². The molecule has 0 saturated carbocycles. The molecule has 12 heteroatoms. The van der Waals surface area contributed by atoms with Gasteiger partial charge in [0.05, 0.1) is 0 Å². The van der Waals surface area contributed by atoms with Gasteiger partial charge in [-0.05, 0) is 0 Å². The maximum atomic E-state index is 11.7. The summed E-state index contributed by atoms with van der Waals surface area (Å²) in [7, 11) is 0. The van der Waals surface area contributed by atoms with E-state index in [-0.39, 0.29) is 5.91 Å². The van der Waals surface area contributed by atoms with Crippen LogP contribution in [0.1, 0.15) is 78.2 Å². The Morgan fingerprint density at radius 2 is 1.50 bits per heavy atom. The molecule has 0 unspecified atom stereocenters. The summed E-state index contributed by atoms with van der Waals surface area (Å²) in [6.07, 6.45) is 8.85. The first-order valence-corrected chi connectivity index (χ1v) is 24.3. The number of rotatable bonds is 14. The number of thiazole rings is 1. The second-order valence-electron chi connectivity index (χ2n) is 12.0. The van der Waals surface area contributed by atoms with E-state index in [9.17, 15) is 4.79 Å². The fourth-order valence-corrected chi connectivity index (χ4v) is 16.5. The van der Waals surface area contributed by atoms with Crippen molar-refractivity contribution in [3.63, 3.8) is 0 Å². The van der Waals surface area contributed by atoms with Gasteiger partial charge in [-0.2, -0.15) is 0 Å². The van der Waals surface area contributed by atoms with Crippen molar-refractivity contribution >= 4 is 79.5 Å². The number of nitrogens with two attached hydrogens (primary N) is 1. The van der Waals surface area contributed by atoms with Crippen molar-refractivity contribution in [2.45, 2.75) is 98.5 Å². The first kappa shape index (κ1) is 36.2. The Labute approximate surface area is 278 Å². The number of nitrogens with zero attached hydrogens (tertiary/aromatic N) is 6. The topological polar surface area (TPSA) is 101 Å². The van der Waals surface area contributed by atoms with Gasteiger partial charge in [0.1, 0.15) is 0 Å². The van der Waals surface area contributed by atoms with Crippen molar-refractivity contribution in [3.8, 4) is 0 Å². The van der Waals surface area contributed by atoms with Crippen LogP contribution in [0.25, 0.3) is 10.3 Å². The number of amides is 1. The molecule has 2 fully saturated rings. The van der Waals surface area contributed by atoms with Gasteiger partial charge in [0.2, 0.25) is 0 Å². The summed E-state index contributed by atoms with van der Waals surface area (Å²) in [6.45, 7) is 18.2. The molecule has 2 aliphatic rings. The van der Waals surface area contributed by atoms with Crippen LogP contribution in [0, 0.1) is 0 Å². The summed E-state index contributed by atoms with van der Waals surface area (Å²) in [6, 6.07) is 0. The van der Waals surface area contributed by atoms with Crippen LogP contribution < -0.4 is 14.5 Å². The van der Waals surface area contributed by atoms with E-state index in [4.69, 9.17) is 20.4 Å². The molecule has 4 radical (unpaired) electrons. The summed E-state index contributed by atoms with van der Waals surface area (Å²) in [4.78, 5) is 32.7. The van der Waals surface area contributed by atoms with Gasteiger partial charge >= 0.3 is 270 Å². The molecule has 234 valence electrons. The number of morpholine rings is 1. The van der Waals surface area contributed by atoms with Crippen LogP contribution in [-0.2, 0) is 16.1 Å². The van der Waals surface area contributed by atoms with E-state index in [0.717, 1.165) is 84.0 Å². The SMILES string of the molecule is CC(C)(C(N)=O)N1CCN(Cc2nc3n[c]([Sn])nc(N4CCOCC4)c3s2)CC1.CCC[CH2][Sn]([CH2]CCC)[CH2]CCC. The molecule has 1 amide bonds. The molecule has 0 aliphatic carbocycles. The van der Waals surface area contributed by atoms with E-state index in [1.165, 1.54) is 61.0 Å². The third-order valence-corrected chi connectivity index (χ3v) is 19.1. The van der Waals surface area contributed by atoms with Crippen LogP contribution in [0.4, 0.5) is 5.82 Å². The third kappa shape index (κ3) is 11.0. The molecule has 9 nitrogen and oxygen atoms in total. The summed E-state index contributed by atoms with van der Waals surface area (Å²) in [5, 5.41) is 1.06. The van der Waals surface area contributed by atoms with Crippen molar-refractivity contribution < 1.29 is 9.53 Å². The van der Waals surface area contributed by atoms with Gasteiger partial charge in [0.15, 0.2) is 0 Å². The predicted octanol–water partition coefficient (Wildman–Crippen LogP) is 3.98. The second kappa shape index (κ2) is 18.6. The number of anilines is 1. The Kier molecular flexibility index (Phi) is 16.1. The van der Waals surface area contributed by atoms with Gasteiger partial charge in [0.25, 0.3) is 0 Å². The number of carbonyl (C=O) groups excluding carboxylic acids is 1. The van der Waals surface area contributed by atoms with E-state index in [1.807, 2.05) is 13.8 Å². The van der Waals surface area contributed by atoms with Crippen LogP contribution in [0.15, 0.2) is 0 Å². The van der Waals surface area contributed by atoms with E-state index < -0.39 is 25.3 Å². The first-order chi connectivity index (χ1) is 20.2. The van der Waals surface area contributed by atoms with E-state index in [2.05, 4.69) is 40.5 Å². The van der Waals surface area contributed by atoms with E-state index >= 15 is 0 Å². The molecule has 2 aliphatic heterocycles. The Balaban J connectivity index is 0.000000316. The third-order valence-electron chi connectivity index (χ3n) is 8.37. The maximum absolute atomic E-state index is 11.7. The summed E-state index contributed by atoms with van der Waals surface area (Å²) < 4.78 is 12.4. The minimum absolute atomic E-state index is 0.274. The number of carbonyl (C=O) groups is 1. The van der Waals surface area contributed by atoms with E-state index in [0.29, 0.717) is 0 Å². The molecule has 2 aromatic heterocycles. The number of piperazine rings is 1. The number of fused-ring (bicyclic) bond motifs is 1. The van der Waals surface area contributed by atoms with Crippen molar-refractivity contribution in [1.82, 2.24) is 24.8 Å². The monoisotopic (exact) mass is 815 g/mol. The average molecular weight is 813 g/mol. The minimum atomic E-state index is -0.839. The predicted molar refractivity (Wildman–Crippen MR) is 179 cm³/mol. The molecule has 0 bridgehead atoms. The second-order valence-corrected chi connectivity index (χ2v) is 22.9. The van der Waals surface area contributed by atoms with Crippen LogP contribution in [0.2, 0.25) is 13.3 Å². The zero-order valence-electron chi connectivity index (χ0n) is 26.7. The molecule has 2 N–H and O–H groups in total.